The first-order chi connectivity index (χ1) is 11.0. The van der Waals surface area contributed by atoms with Crippen LogP contribution in [0.25, 0.3) is 0 Å². The number of ether oxygens (including phenoxy) is 1. The molecule has 0 bridgehead atoms. The summed E-state index contributed by atoms with van der Waals surface area (Å²) in [7, 11) is 0. The number of carbonyl (C=O) groups excluding carboxylic acids is 1. The summed E-state index contributed by atoms with van der Waals surface area (Å²) in [6.07, 6.45) is 1.53. The fraction of sp³-hybridized carbons (Fsp3) is 0.176. The van der Waals surface area contributed by atoms with Crippen LogP contribution in [0.2, 0.25) is 10.0 Å². The van der Waals surface area contributed by atoms with Gasteiger partial charge in [0.05, 0.1) is 22.4 Å². The van der Waals surface area contributed by atoms with Crippen LogP contribution >= 0.6 is 23.2 Å². The Kier molecular flexibility index (Phi) is 6.02. The number of benzene rings is 2. The van der Waals surface area contributed by atoms with Crippen LogP contribution in [0, 0.1) is 0 Å². The number of hydrazone groups is 1. The van der Waals surface area contributed by atoms with E-state index >= 15 is 0 Å². The number of carbonyl (C=O) groups is 1. The van der Waals surface area contributed by atoms with Gasteiger partial charge in [-0.15, -0.1) is 0 Å². The molecule has 23 heavy (non-hydrogen) atoms. The molecule has 0 fully saturated rings. The SMILES string of the molecule is CC(C)Oc1ccc(C(=O)N/N=C\c2cccc(Cl)c2Cl)cc1. The smallest absolute Gasteiger partial charge is 0.271 e. The molecule has 0 saturated carbocycles. The van der Waals surface area contributed by atoms with E-state index in [-0.39, 0.29) is 12.0 Å². The Balaban J connectivity index is 1.99. The number of nitrogens with one attached hydrogen (secondary N) is 1. The Morgan fingerprint density at radius 3 is 2.52 bits per heavy atom. The summed E-state index contributed by atoms with van der Waals surface area (Å²) in [5, 5.41) is 4.72. The minimum atomic E-state index is -0.324. The lowest BCUT2D eigenvalue weighted by Crippen LogP contribution is -2.17. The lowest BCUT2D eigenvalue weighted by molar-refractivity contribution is 0.0955. The molecule has 0 spiro atoms. The Hall–Kier alpha value is -2.04. The molecule has 0 aliphatic rings. The highest BCUT2D eigenvalue weighted by molar-refractivity contribution is 6.43. The second-order valence-electron chi connectivity index (χ2n) is 5.03. The van der Waals surface area contributed by atoms with E-state index < -0.39 is 0 Å². The number of rotatable bonds is 5. The third kappa shape index (κ3) is 4.98. The van der Waals surface area contributed by atoms with Crippen LogP contribution in [0.4, 0.5) is 0 Å². The van der Waals surface area contributed by atoms with Crippen molar-refractivity contribution in [2.24, 2.45) is 5.10 Å². The van der Waals surface area contributed by atoms with Crippen LogP contribution in [0.15, 0.2) is 47.6 Å². The highest BCUT2D eigenvalue weighted by Crippen LogP contribution is 2.24. The third-order valence-electron chi connectivity index (χ3n) is 2.84. The molecule has 0 aromatic heterocycles. The molecule has 2 aromatic rings. The predicted molar refractivity (Wildman–Crippen MR) is 93.7 cm³/mol. The van der Waals surface area contributed by atoms with Crippen molar-refractivity contribution < 1.29 is 9.53 Å². The first-order valence-electron chi connectivity index (χ1n) is 7.01. The van der Waals surface area contributed by atoms with Crippen molar-refractivity contribution in [2.45, 2.75) is 20.0 Å². The monoisotopic (exact) mass is 350 g/mol. The molecule has 1 N–H and O–H groups in total. The van der Waals surface area contributed by atoms with Gasteiger partial charge in [-0.3, -0.25) is 4.79 Å². The van der Waals surface area contributed by atoms with Gasteiger partial charge >= 0.3 is 0 Å². The number of amides is 1. The second-order valence-corrected chi connectivity index (χ2v) is 5.82. The van der Waals surface area contributed by atoms with Crippen molar-refractivity contribution in [3.8, 4) is 5.75 Å². The van der Waals surface area contributed by atoms with Crippen molar-refractivity contribution in [1.29, 1.82) is 0 Å². The van der Waals surface area contributed by atoms with Crippen LogP contribution in [0.3, 0.4) is 0 Å². The highest BCUT2D eigenvalue weighted by atomic mass is 35.5. The molecule has 0 heterocycles. The average Bonchev–Trinajstić information content (AvgIpc) is 2.51. The van der Waals surface area contributed by atoms with E-state index in [0.29, 0.717) is 26.9 Å². The van der Waals surface area contributed by atoms with Gasteiger partial charge in [-0.05, 0) is 44.2 Å². The minimum Gasteiger partial charge on any atom is -0.491 e. The standard InChI is InChI=1S/C17H16Cl2N2O2/c1-11(2)23-14-8-6-12(7-9-14)17(22)21-20-10-13-4-3-5-15(18)16(13)19/h3-11H,1-2H3,(H,21,22)/b20-10-. The van der Waals surface area contributed by atoms with Crippen molar-refractivity contribution in [3.63, 3.8) is 0 Å². The fourth-order valence-electron chi connectivity index (χ4n) is 1.80. The highest BCUT2D eigenvalue weighted by Gasteiger charge is 2.06. The molecule has 4 nitrogen and oxygen atoms in total. The number of halogens is 2. The average molecular weight is 351 g/mol. The van der Waals surface area contributed by atoms with Gasteiger partial charge in [0, 0.05) is 11.1 Å². The van der Waals surface area contributed by atoms with E-state index in [1.54, 1.807) is 42.5 Å². The molecule has 1 amide bonds. The van der Waals surface area contributed by atoms with Gasteiger partial charge in [-0.25, -0.2) is 5.43 Å². The second kappa shape index (κ2) is 7.99. The van der Waals surface area contributed by atoms with E-state index in [9.17, 15) is 4.79 Å². The zero-order chi connectivity index (χ0) is 16.8. The molecule has 0 saturated heterocycles. The maximum Gasteiger partial charge on any atom is 0.271 e. The maximum atomic E-state index is 12.0. The van der Waals surface area contributed by atoms with E-state index in [0.717, 1.165) is 0 Å². The lowest BCUT2D eigenvalue weighted by atomic mass is 10.2. The fourth-order valence-corrected chi connectivity index (χ4v) is 2.16. The van der Waals surface area contributed by atoms with Gasteiger partial charge in [0.15, 0.2) is 0 Å². The predicted octanol–water partition coefficient (Wildman–Crippen LogP) is 4.54. The minimum absolute atomic E-state index is 0.0849. The Morgan fingerprint density at radius 2 is 1.87 bits per heavy atom. The third-order valence-corrected chi connectivity index (χ3v) is 3.67. The molecule has 2 rings (SSSR count). The van der Waals surface area contributed by atoms with E-state index in [1.807, 2.05) is 13.8 Å². The molecule has 0 aliphatic carbocycles. The number of hydrogen-bond acceptors (Lipinski definition) is 3. The van der Waals surface area contributed by atoms with Gasteiger partial charge in [0.1, 0.15) is 5.75 Å². The summed E-state index contributed by atoms with van der Waals surface area (Å²) >= 11 is 11.9. The van der Waals surface area contributed by atoms with Crippen molar-refractivity contribution in [1.82, 2.24) is 5.43 Å². The van der Waals surface area contributed by atoms with Gasteiger partial charge in [0.25, 0.3) is 5.91 Å². The summed E-state index contributed by atoms with van der Waals surface area (Å²) in [5.41, 5.74) is 3.55. The summed E-state index contributed by atoms with van der Waals surface area (Å²) in [6, 6.07) is 12.0. The van der Waals surface area contributed by atoms with Crippen LogP contribution in [0.5, 0.6) is 5.75 Å². The van der Waals surface area contributed by atoms with Crippen LogP contribution in [-0.2, 0) is 0 Å². The Morgan fingerprint density at radius 1 is 1.17 bits per heavy atom. The molecule has 120 valence electrons. The van der Waals surface area contributed by atoms with Crippen LogP contribution in [0.1, 0.15) is 29.8 Å². The van der Waals surface area contributed by atoms with E-state index in [2.05, 4.69) is 10.5 Å². The molecular weight excluding hydrogens is 335 g/mol. The van der Waals surface area contributed by atoms with Crippen molar-refractivity contribution in [3.05, 3.63) is 63.6 Å². The van der Waals surface area contributed by atoms with Crippen molar-refractivity contribution in [2.75, 3.05) is 0 Å². The van der Waals surface area contributed by atoms with Gasteiger partial charge in [-0.2, -0.15) is 5.10 Å². The molecule has 0 radical (unpaired) electrons. The van der Waals surface area contributed by atoms with Gasteiger partial charge in [-0.1, -0.05) is 35.3 Å². The van der Waals surface area contributed by atoms with Crippen LogP contribution < -0.4 is 10.2 Å². The summed E-state index contributed by atoms with van der Waals surface area (Å²) < 4.78 is 5.52. The zero-order valence-electron chi connectivity index (χ0n) is 12.7. The van der Waals surface area contributed by atoms with Crippen molar-refractivity contribution >= 4 is 35.3 Å². The lowest BCUT2D eigenvalue weighted by Gasteiger charge is -2.09. The zero-order valence-corrected chi connectivity index (χ0v) is 14.2. The molecular formula is C17H16Cl2N2O2. The first kappa shape index (κ1) is 17.3. The number of hydrogen-bond donors (Lipinski definition) is 1. The molecule has 0 unspecified atom stereocenters. The number of nitrogens with zero attached hydrogens (tertiary/aromatic N) is 1. The first-order valence-corrected chi connectivity index (χ1v) is 7.77. The quantitative estimate of drug-likeness (QED) is 0.635. The summed E-state index contributed by atoms with van der Waals surface area (Å²) in [4.78, 5) is 12.0. The maximum absolute atomic E-state index is 12.0. The van der Waals surface area contributed by atoms with Crippen LogP contribution in [-0.4, -0.2) is 18.2 Å². The van der Waals surface area contributed by atoms with Gasteiger partial charge < -0.3 is 4.74 Å². The topological polar surface area (TPSA) is 50.7 Å². The van der Waals surface area contributed by atoms with E-state index in [1.165, 1.54) is 6.21 Å². The normalized spacial score (nSPS) is 11.0. The molecule has 2 aromatic carbocycles. The Labute approximate surface area is 145 Å². The molecule has 0 atom stereocenters. The molecule has 0 aliphatic heterocycles. The summed E-state index contributed by atoms with van der Waals surface area (Å²) in [6.45, 7) is 3.88. The summed E-state index contributed by atoms with van der Waals surface area (Å²) in [5.74, 6) is 0.390. The Bertz CT molecular complexity index is 713. The van der Waals surface area contributed by atoms with Gasteiger partial charge in [0.2, 0.25) is 0 Å². The largest absolute Gasteiger partial charge is 0.491 e. The van der Waals surface area contributed by atoms with E-state index in [4.69, 9.17) is 27.9 Å². The molecule has 6 heteroatoms.